The first kappa shape index (κ1) is 12.6. The van der Waals surface area contributed by atoms with Crippen LogP contribution in [0.5, 0.6) is 0 Å². The van der Waals surface area contributed by atoms with Crippen molar-refractivity contribution in [2.75, 3.05) is 6.54 Å². The lowest BCUT2D eigenvalue weighted by Gasteiger charge is -2.26. The molecule has 1 aliphatic rings. The van der Waals surface area contributed by atoms with Gasteiger partial charge in [-0.25, -0.2) is 4.79 Å². The number of rotatable bonds is 3. The average Bonchev–Trinajstić information content (AvgIpc) is 2.87. The van der Waals surface area contributed by atoms with Crippen LogP contribution in [-0.4, -0.2) is 45.7 Å². The highest BCUT2D eigenvalue weighted by Gasteiger charge is 2.37. The van der Waals surface area contributed by atoms with Crippen molar-refractivity contribution in [2.24, 2.45) is 0 Å². The monoisotopic (exact) mass is 249 g/mol. The molecule has 1 fully saturated rings. The van der Waals surface area contributed by atoms with Crippen molar-refractivity contribution in [1.82, 2.24) is 4.90 Å². The van der Waals surface area contributed by atoms with Crippen molar-refractivity contribution in [2.45, 2.75) is 25.0 Å². The molecule has 5 nitrogen and oxygen atoms in total. The second-order valence-corrected chi connectivity index (χ2v) is 4.36. The summed E-state index contributed by atoms with van der Waals surface area (Å²) in [5.74, 6) is -1.51. The lowest BCUT2D eigenvalue weighted by atomic mass is 10.1. The molecule has 1 heterocycles. The number of aliphatic hydroxyl groups is 1. The molecule has 2 atom stereocenters. The summed E-state index contributed by atoms with van der Waals surface area (Å²) < 4.78 is 0. The van der Waals surface area contributed by atoms with Crippen molar-refractivity contribution < 1.29 is 19.8 Å². The lowest BCUT2D eigenvalue weighted by molar-refractivity contribution is -0.149. The van der Waals surface area contributed by atoms with Crippen LogP contribution in [-0.2, 0) is 4.79 Å². The van der Waals surface area contributed by atoms with Gasteiger partial charge in [0.05, 0.1) is 6.04 Å². The van der Waals surface area contributed by atoms with E-state index in [0.29, 0.717) is 24.9 Å². The van der Waals surface area contributed by atoms with E-state index in [1.54, 1.807) is 24.3 Å². The van der Waals surface area contributed by atoms with E-state index in [9.17, 15) is 14.7 Å². The highest BCUT2D eigenvalue weighted by molar-refractivity contribution is 5.95. The van der Waals surface area contributed by atoms with E-state index in [1.807, 2.05) is 6.07 Å². The minimum absolute atomic E-state index is 0.224. The van der Waals surface area contributed by atoms with Gasteiger partial charge in [0.2, 0.25) is 0 Å². The van der Waals surface area contributed by atoms with Crippen LogP contribution in [0.15, 0.2) is 30.3 Å². The summed E-state index contributed by atoms with van der Waals surface area (Å²) in [6, 6.07) is 8.06. The molecular weight excluding hydrogens is 234 g/mol. The van der Waals surface area contributed by atoms with Gasteiger partial charge >= 0.3 is 5.97 Å². The third-order valence-electron chi connectivity index (χ3n) is 3.20. The van der Waals surface area contributed by atoms with E-state index in [4.69, 9.17) is 5.11 Å². The number of carbonyl (C=O) groups excluding carboxylic acids is 1. The molecule has 1 amide bonds. The van der Waals surface area contributed by atoms with Gasteiger partial charge in [-0.05, 0) is 25.0 Å². The first-order valence-corrected chi connectivity index (χ1v) is 5.88. The molecule has 1 aliphatic heterocycles. The summed E-state index contributed by atoms with van der Waals surface area (Å²) in [5.41, 5.74) is 0.516. The number of hydrogen-bond acceptors (Lipinski definition) is 3. The van der Waals surface area contributed by atoms with Gasteiger partial charge in [-0.15, -0.1) is 0 Å². The van der Waals surface area contributed by atoms with Gasteiger partial charge in [0.25, 0.3) is 5.91 Å². The Labute approximate surface area is 105 Å². The van der Waals surface area contributed by atoms with Crippen LogP contribution in [0.1, 0.15) is 23.2 Å². The maximum Gasteiger partial charge on any atom is 0.334 e. The fraction of sp³-hybridized carbons (Fsp3) is 0.385. The average molecular weight is 249 g/mol. The van der Waals surface area contributed by atoms with Crippen molar-refractivity contribution >= 4 is 11.9 Å². The molecule has 0 bridgehead atoms. The predicted molar refractivity (Wildman–Crippen MR) is 64.1 cm³/mol. The third-order valence-corrected chi connectivity index (χ3v) is 3.20. The second-order valence-electron chi connectivity index (χ2n) is 4.36. The molecule has 2 N–H and O–H groups in total. The molecule has 0 aromatic heterocycles. The maximum atomic E-state index is 12.2. The smallest absolute Gasteiger partial charge is 0.334 e. The summed E-state index contributed by atoms with van der Waals surface area (Å²) in [7, 11) is 0. The molecule has 18 heavy (non-hydrogen) atoms. The van der Waals surface area contributed by atoms with Crippen molar-refractivity contribution in [1.29, 1.82) is 0 Å². The molecule has 2 rings (SSSR count). The van der Waals surface area contributed by atoms with Crippen LogP contribution >= 0.6 is 0 Å². The molecular formula is C13H15NO4. The number of hydrogen-bond donors (Lipinski definition) is 2. The number of carboxylic acid groups (broad SMARTS) is 1. The van der Waals surface area contributed by atoms with Crippen LogP contribution < -0.4 is 0 Å². The molecule has 0 spiro atoms. The molecule has 0 radical (unpaired) electrons. The number of carboxylic acids is 1. The van der Waals surface area contributed by atoms with E-state index >= 15 is 0 Å². The number of nitrogens with zero attached hydrogens (tertiary/aromatic N) is 1. The van der Waals surface area contributed by atoms with Crippen molar-refractivity contribution in [3.05, 3.63) is 35.9 Å². The van der Waals surface area contributed by atoms with Crippen LogP contribution in [0.4, 0.5) is 0 Å². The van der Waals surface area contributed by atoms with E-state index < -0.39 is 18.1 Å². The largest absolute Gasteiger partial charge is 0.479 e. The number of aliphatic hydroxyl groups excluding tert-OH is 1. The van der Waals surface area contributed by atoms with Gasteiger partial charge in [0.1, 0.15) is 0 Å². The van der Waals surface area contributed by atoms with Crippen molar-refractivity contribution in [3.8, 4) is 0 Å². The fourth-order valence-electron chi connectivity index (χ4n) is 2.28. The summed E-state index contributed by atoms with van der Waals surface area (Å²) in [5, 5.41) is 18.4. The molecule has 2 unspecified atom stereocenters. The first-order valence-electron chi connectivity index (χ1n) is 5.88. The van der Waals surface area contributed by atoms with Crippen LogP contribution in [0.2, 0.25) is 0 Å². The van der Waals surface area contributed by atoms with E-state index in [1.165, 1.54) is 4.90 Å². The Morgan fingerprint density at radius 3 is 2.56 bits per heavy atom. The molecule has 5 heteroatoms. The molecule has 0 saturated carbocycles. The summed E-state index contributed by atoms with van der Waals surface area (Å²) in [6.07, 6.45) is -0.278. The summed E-state index contributed by atoms with van der Waals surface area (Å²) in [6.45, 7) is 0.489. The van der Waals surface area contributed by atoms with Gasteiger partial charge in [-0.1, -0.05) is 18.2 Å². The quantitative estimate of drug-likeness (QED) is 0.828. The van der Waals surface area contributed by atoms with Crippen LogP contribution in [0.3, 0.4) is 0 Å². The Hall–Kier alpha value is -1.88. The predicted octanol–water partition coefficient (Wildman–Crippen LogP) is 0.737. The third kappa shape index (κ3) is 2.36. The Bertz CT molecular complexity index is 446. The highest BCUT2D eigenvalue weighted by atomic mass is 16.4. The Morgan fingerprint density at radius 1 is 1.28 bits per heavy atom. The van der Waals surface area contributed by atoms with Gasteiger partial charge in [-0.3, -0.25) is 4.79 Å². The Balaban J connectivity index is 2.17. The zero-order valence-corrected chi connectivity index (χ0v) is 9.82. The zero-order chi connectivity index (χ0) is 13.1. The minimum Gasteiger partial charge on any atom is -0.479 e. The second kappa shape index (κ2) is 5.18. The van der Waals surface area contributed by atoms with Gasteiger partial charge in [0, 0.05) is 12.1 Å². The van der Waals surface area contributed by atoms with Crippen LogP contribution in [0, 0.1) is 0 Å². The van der Waals surface area contributed by atoms with Gasteiger partial charge < -0.3 is 15.1 Å². The molecule has 96 valence electrons. The lowest BCUT2D eigenvalue weighted by Crippen LogP contribution is -2.46. The fourth-order valence-corrected chi connectivity index (χ4v) is 2.28. The van der Waals surface area contributed by atoms with Crippen molar-refractivity contribution in [3.63, 3.8) is 0 Å². The topological polar surface area (TPSA) is 77.8 Å². The summed E-state index contributed by atoms with van der Waals surface area (Å²) >= 11 is 0. The molecule has 1 saturated heterocycles. The standard InChI is InChI=1S/C13H15NO4/c15-11(13(17)18)10-7-4-8-14(10)12(16)9-5-2-1-3-6-9/h1-3,5-6,10-11,15H,4,7-8H2,(H,17,18). The number of benzene rings is 1. The maximum absolute atomic E-state index is 12.2. The highest BCUT2D eigenvalue weighted by Crippen LogP contribution is 2.22. The number of aliphatic carboxylic acids is 1. The summed E-state index contributed by atoms with van der Waals surface area (Å²) in [4.78, 5) is 24.5. The molecule has 0 aliphatic carbocycles. The van der Waals surface area contributed by atoms with E-state index in [-0.39, 0.29) is 5.91 Å². The van der Waals surface area contributed by atoms with Gasteiger partial charge in [0.15, 0.2) is 6.10 Å². The Morgan fingerprint density at radius 2 is 1.94 bits per heavy atom. The van der Waals surface area contributed by atoms with Gasteiger partial charge in [-0.2, -0.15) is 0 Å². The molecule has 1 aromatic carbocycles. The normalized spacial score (nSPS) is 20.7. The number of amides is 1. The SMILES string of the molecule is O=C(O)C(O)C1CCCN1C(=O)c1ccccc1. The minimum atomic E-state index is -1.51. The van der Waals surface area contributed by atoms with E-state index in [2.05, 4.69) is 0 Å². The first-order chi connectivity index (χ1) is 8.61. The van der Waals surface area contributed by atoms with Crippen LogP contribution in [0.25, 0.3) is 0 Å². The number of likely N-dealkylation sites (tertiary alicyclic amines) is 1. The van der Waals surface area contributed by atoms with E-state index in [0.717, 1.165) is 0 Å². The Kier molecular flexibility index (Phi) is 3.62. The molecule has 1 aromatic rings. The number of carbonyl (C=O) groups is 2. The zero-order valence-electron chi connectivity index (χ0n) is 9.82.